The molecule has 5 N–H and O–H groups in total. The van der Waals surface area contributed by atoms with E-state index in [1.54, 1.807) is 0 Å². The number of fused-ring (bicyclic) bond motifs is 2. The Morgan fingerprint density at radius 1 is 1.37 bits per heavy atom. The molecule has 0 bridgehead atoms. The Morgan fingerprint density at radius 3 is 3.00 bits per heavy atom. The van der Waals surface area contributed by atoms with Gasteiger partial charge in [-0.15, -0.1) is 22.7 Å². The van der Waals surface area contributed by atoms with Gasteiger partial charge in [0, 0.05) is 54.5 Å². The molecule has 1 spiro atoms. The van der Waals surface area contributed by atoms with E-state index in [-0.39, 0.29) is 29.2 Å². The lowest BCUT2D eigenvalue weighted by Crippen LogP contribution is -2.46. The van der Waals surface area contributed by atoms with Gasteiger partial charge in [-0.25, -0.2) is 14.4 Å². The van der Waals surface area contributed by atoms with Crippen LogP contribution >= 0.6 is 22.7 Å². The summed E-state index contributed by atoms with van der Waals surface area (Å²) >= 11 is 2.80. The number of thiazole rings is 1. The van der Waals surface area contributed by atoms with Crippen molar-refractivity contribution in [2.45, 2.75) is 51.1 Å². The highest BCUT2D eigenvalue weighted by Gasteiger charge is 2.46. The first-order valence-electron chi connectivity index (χ1n) is 12.1. The van der Waals surface area contributed by atoms with Gasteiger partial charge >= 0.3 is 0 Å². The molecule has 2 fully saturated rings. The Hall–Kier alpha value is -2.34. The molecule has 3 aromatic rings. The lowest BCUT2D eigenvalue weighted by molar-refractivity contribution is -0.00345. The molecule has 0 saturated carbocycles. The summed E-state index contributed by atoms with van der Waals surface area (Å²) in [7, 11) is 0. The number of nitrogen functional groups attached to an aromatic ring is 1. The Balaban J connectivity index is 1.17. The summed E-state index contributed by atoms with van der Waals surface area (Å²) in [5.74, 6) is 0.157. The zero-order chi connectivity index (χ0) is 24.3. The molecule has 1 aliphatic carbocycles. The number of hydrogen-bond acceptors (Lipinski definition) is 9. The van der Waals surface area contributed by atoms with Crippen LogP contribution in [0, 0.1) is 18.2 Å². The average molecular weight is 517 g/mol. The number of nitrogens with two attached hydrogens (primary N) is 2. The molecule has 35 heavy (non-hydrogen) atoms. The van der Waals surface area contributed by atoms with E-state index in [1.807, 2.05) is 6.92 Å². The van der Waals surface area contributed by atoms with Gasteiger partial charge in [0.25, 0.3) is 5.91 Å². The smallest absolute Gasteiger partial charge is 0.263 e. The highest BCUT2D eigenvalue weighted by molar-refractivity contribution is 7.29. The molecular weight excluding hydrogens is 487 g/mol. The number of ether oxygens (including phenoxy) is 1. The minimum absolute atomic E-state index is 0.0117. The van der Waals surface area contributed by atoms with Crippen LogP contribution in [0.5, 0.6) is 0 Å². The number of carbonyl (C=O) groups is 1. The highest BCUT2D eigenvalue weighted by atomic mass is 32.1. The van der Waals surface area contributed by atoms with Gasteiger partial charge in [-0.2, -0.15) is 0 Å². The number of nitrogens with one attached hydrogen (secondary N) is 1. The predicted molar refractivity (Wildman–Crippen MR) is 137 cm³/mol. The average Bonchev–Trinajstić information content (AvgIpc) is 3.46. The van der Waals surface area contributed by atoms with E-state index in [4.69, 9.17) is 21.2 Å². The highest BCUT2D eigenvalue weighted by Crippen LogP contribution is 2.40. The Morgan fingerprint density at radius 2 is 2.23 bits per heavy atom. The van der Waals surface area contributed by atoms with E-state index < -0.39 is 0 Å². The molecule has 3 aromatic heterocycles. The normalized spacial score (nSPS) is 26.4. The fourth-order valence-electron chi connectivity index (χ4n) is 5.72. The van der Waals surface area contributed by atoms with Crippen LogP contribution in [-0.4, -0.2) is 54.3 Å². The Bertz CT molecular complexity index is 1300. The number of pyridine rings is 1. The van der Waals surface area contributed by atoms with Crippen molar-refractivity contribution in [1.29, 1.82) is 0 Å². The minimum Gasteiger partial charge on any atom is -0.396 e. The molecule has 1 amide bonds. The number of nitrogens with zero attached hydrogens (tertiary/aromatic N) is 3. The molecule has 2 aliphatic heterocycles. The molecule has 3 aliphatic rings. The number of halogens is 1. The van der Waals surface area contributed by atoms with Crippen LogP contribution in [0.1, 0.15) is 45.2 Å². The number of thiophene rings is 1. The summed E-state index contributed by atoms with van der Waals surface area (Å²) in [5, 5.41) is 3.98. The number of anilines is 2. The summed E-state index contributed by atoms with van der Waals surface area (Å²) in [6.07, 6.45) is 3.75. The van der Waals surface area contributed by atoms with Gasteiger partial charge in [-0.05, 0) is 39.0 Å². The van der Waals surface area contributed by atoms with Gasteiger partial charge in [0.15, 0.2) is 0 Å². The van der Waals surface area contributed by atoms with Crippen molar-refractivity contribution in [3.8, 4) is 0 Å². The van der Waals surface area contributed by atoms with Crippen molar-refractivity contribution >= 4 is 49.6 Å². The van der Waals surface area contributed by atoms with Gasteiger partial charge in [0.1, 0.15) is 21.3 Å². The zero-order valence-corrected chi connectivity index (χ0v) is 21.2. The molecule has 6 rings (SSSR count). The van der Waals surface area contributed by atoms with Gasteiger partial charge < -0.3 is 26.4 Å². The van der Waals surface area contributed by atoms with Crippen molar-refractivity contribution < 1.29 is 13.9 Å². The number of hydrogen-bond donors (Lipinski definition) is 3. The van der Waals surface area contributed by atoms with Crippen LogP contribution in [0.4, 0.5) is 15.9 Å². The third kappa shape index (κ3) is 3.98. The second-order valence-corrected chi connectivity index (χ2v) is 12.2. The summed E-state index contributed by atoms with van der Waals surface area (Å²) in [6, 6.07) is 1.34. The predicted octanol–water partition coefficient (Wildman–Crippen LogP) is 3.01. The molecule has 5 heterocycles. The maximum Gasteiger partial charge on any atom is 0.263 e. The fourth-order valence-corrected chi connectivity index (χ4v) is 7.82. The number of rotatable bonds is 3. The third-order valence-electron chi connectivity index (χ3n) is 7.64. The van der Waals surface area contributed by atoms with Crippen LogP contribution in [0.2, 0.25) is 0 Å². The molecule has 2 saturated heterocycles. The van der Waals surface area contributed by atoms with Crippen LogP contribution in [0.25, 0.3) is 9.53 Å². The first-order chi connectivity index (χ1) is 16.8. The first kappa shape index (κ1) is 23.1. The van der Waals surface area contributed by atoms with Crippen molar-refractivity contribution in [2.75, 3.05) is 36.9 Å². The summed E-state index contributed by atoms with van der Waals surface area (Å²) in [5.41, 5.74) is 14.5. The monoisotopic (exact) mass is 516 g/mol. The standard InChI is InChI=1S/C24H29FN6O2S2/c1-12-28-23-21(34-12)19(27)20(35-23)22(32)29-13-3-4-16-14(7-13)15(25)8-18(30-16)31-9-17(26)24(10-31)5-2-6-33-11-24/h8,13,17H,2-7,9-11,26-27H2,1H3,(H,29,32). The SMILES string of the molecule is Cc1nc2sc(C(=O)NC3CCc4nc(N5CC(N)C6(CCCOC6)C5)cc(F)c4C3)c(N)c2s1. The van der Waals surface area contributed by atoms with Crippen LogP contribution < -0.4 is 21.7 Å². The number of amides is 1. The molecular formula is C24H29FN6O2S2. The first-order valence-corrected chi connectivity index (χ1v) is 13.7. The van der Waals surface area contributed by atoms with Crippen molar-refractivity contribution in [2.24, 2.45) is 11.1 Å². The molecule has 3 unspecified atom stereocenters. The van der Waals surface area contributed by atoms with E-state index in [9.17, 15) is 4.79 Å². The lowest BCUT2D eigenvalue weighted by atomic mass is 9.79. The maximum atomic E-state index is 15.3. The summed E-state index contributed by atoms with van der Waals surface area (Å²) in [4.78, 5) is 25.6. The van der Waals surface area contributed by atoms with E-state index >= 15 is 4.39 Å². The molecule has 186 valence electrons. The second kappa shape index (κ2) is 8.65. The number of aryl methyl sites for hydroxylation is 2. The van der Waals surface area contributed by atoms with E-state index in [2.05, 4.69) is 15.2 Å². The van der Waals surface area contributed by atoms with E-state index in [0.29, 0.717) is 54.4 Å². The zero-order valence-electron chi connectivity index (χ0n) is 19.6. The number of aromatic nitrogens is 2. The largest absolute Gasteiger partial charge is 0.396 e. The maximum absolute atomic E-state index is 15.3. The quantitative estimate of drug-likeness (QED) is 0.490. The van der Waals surface area contributed by atoms with Gasteiger partial charge in [0.2, 0.25) is 0 Å². The third-order valence-corrected chi connectivity index (χ3v) is 9.87. The summed E-state index contributed by atoms with van der Waals surface area (Å²) < 4.78 is 21.9. The van der Waals surface area contributed by atoms with E-state index in [0.717, 1.165) is 46.2 Å². The van der Waals surface area contributed by atoms with Crippen molar-refractivity contribution in [1.82, 2.24) is 15.3 Å². The Kier molecular flexibility index (Phi) is 5.70. The molecule has 8 nitrogen and oxygen atoms in total. The molecule has 0 aromatic carbocycles. The molecule has 3 atom stereocenters. The summed E-state index contributed by atoms with van der Waals surface area (Å²) in [6.45, 7) is 4.76. The Labute approximate surface area is 210 Å². The van der Waals surface area contributed by atoms with Gasteiger partial charge in [0.05, 0.1) is 22.0 Å². The number of carbonyl (C=O) groups excluding carboxylic acids is 1. The second-order valence-electron chi connectivity index (χ2n) is 10.0. The fraction of sp³-hybridized carbons (Fsp3) is 0.542. The van der Waals surface area contributed by atoms with Gasteiger partial charge in [-0.1, -0.05) is 0 Å². The molecule has 11 heteroatoms. The van der Waals surface area contributed by atoms with Crippen molar-refractivity contribution in [3.05, 3.63) is 33.0 Å². The molecule has 0 radical (unpaired) electrons. The van der Waals surface area contributed by atoms with Crippen LogP contribution in [0.15, 0.2) is 6.07 Å². The minimum atomic E-state index is -0.269. The lowest BCUT2D eigenvalue weighted by Gasteiger charge is -2.36. The van der Waals surface area contributed by atoms with Crippen LogP contribution in [0.3, 0.4) is 0 Å². The van der Waals surface area contributed by atoms with Crippen LogP contribution in [-0.2, 0) is 17.6 Å². The van der Waals surface area contributed by atoms with Gasteiger partial charge in [-0.3, -0.25) is 4.79 Å². The van der Waals surface area contributed by atoms with Crippen molar-refractivity contribution in [3.63, 3.8) is 0 Å². The topological polar surface area (TPSA) is 119 Å². The van der Waals surface area contributed by atoms with E-state index in [1.165, 1.54) is 28.7 Å².